The molecule has 3 aromatic rings. The Hall–Kier alpha value is -4.43. The van der Waals surface area contributed by atoms with E-state index in [-0.39, 0.29) is 11.2 Å². The number of hydrogen-bond donors (Lipinski definition) is 1. The van der Waals surface area contributed by atoms with Gasteiger partial charge >= 0.3 is 0 Å². The van der Waals surface area contributed by atoms with Crippen molar-refractivity contribution in [2.45, 2.75) is 26.4 Å². The van der Waals surface area contributed by atoms with E-state index in [4.69, 9.17) is 4.42 Å². The van der Waals surface area contributed by atoms with Gasteiger partial charge in [0.2, 0.25) is 0 Å². The number of rotatable bonds is 5. The molecule has 11 heteroatoms. The highest BCUT2D eigenvalue weighted by atomic mass is 19.3. The molecular formula is C25H21F2N7O2. The maximum Gasteiger partial charge on any atom is 0.283 e. The van der Waals surface area contributed by atoms with Crippen molar-refractivity contribution in [2.75, 3.05) is 18.0 Å². The van der Waals surface area contributed by atoms with Crippen molar-refractivity contribution in [1.82, 2.24) is 19.6 Å². The first kappa shape index (κ1) is 23.3. The number of oxazole rings is 1. The predicted molar refractivity (Wildman–Crippen MR) is 130 cm³/mol. The van der Waals surface area contributed by atoms with Crippen molar-refractivity contribution in [2.24, 2.45) is 4.99 Å². The first-order valence-corrected chi connectivity index (χ1v) is 11.1. The van der Waals surface area contributed by atoms with Crippen molar-refractivity contribution >= 4 is 28.8 Å². The van der Waals surface area contributed by atoms with Gasteiger partial charge < -0.3 is 14.4 Å². The molecule has 1 saturated heterocycles. The number of fused-ring (bicyclic) bond motifs is 1. The number of hydrogen-bond acceptors (Lipinski definition) is 8. The maximum absolute atomic E-state index is 13.7. The summed E-state index contributed by atoms with van der Waals surface area (Å²) in [5.41, 5.74) is 3.05. The van der Waals surface area contributed by atoms with Gasteiger partial charge in [0, 0.05) is 42.9 Å². The number of halogens is 2. The van der Waals surface area contributed by atoms with E-state index in [0.717, 1.165) is 5.57 Å². The Balaban J connectivity index is 1.69. The van der Waals surface area contributed by atoms with E-state index in [1.165, 1.54) is 10.7 Å². The van der Waals surface area contributed by atoms with Gasteiger partial charge in [-0.1, -0.05) is 18.7 Å². The molecule has 0 unspecified atom stereocenters. The van der Waals surface area contributed by atoms with Crippen LogP contribution >= 0.6 is 0 Å². The van der Waals surface area contributed by atoms with Gasteiger partial charge in [0.1, 0.15) is 35.1 Å². The fourth-order valence-electron chi connectivity index (χ4n) is 4.22. The number of aliphatic hydroxyl groups excluding tert-OH is 1. The van der Waals surface area contributed by atoms with E-state index in [9.17, 15) is 19.1 Å². The van der Waals surface area contributed by atoms with E-state index in [1.807, 2.05) is 35.3 Å². The number of alkyl halides is 2. The van der Waals surface area contributed by atoms with Crippen molar-refractivity contribution in [3.63, 3.8) is 0 Å². The number of allylic oxidation sites excluding steroid dienone is 5. The molecule has 0 spiro atoms. The predicted octanol–water partition coefficient (Wildman–Crippen LogP) is 3.95. The van der Waals surface area contributed by atoms with Crippen molar-refractivity contribution < 1.29 is 18.3 Å². The van der Waals surface area contributed by atoms with Gasteiger partial charge in [-0.15, -0.1) is 0 Å². The second-order valence-electron chi connectivity index (χ2n) is 8.38. The number of aromatic nitrogens is 4. The molecule has 0 bridgehead atoms. The molecule has 3 aromatic heterocycles. The molecule has 5 rings (SSSR count). The van der Waals surface area contributed by atoms with Gasteiger partial charge in [0.05, 0.1) is 17.5 Å². The normalized spacial score (nSPS) is 18.2. The molecule has 0 atom stereocenters. The number of aliphatic hydroxyl groups is 1. The molecule has 182 valence electrons. The molecule has 0 aromatic carbocycles. The molecule has 1 aliphatic heterocycles. The van der Waals surface area contributed by atoms with Gasteiger partial charge in [-0.2, -0.15) is 14.9 Å². The summed E-state index contributed by atoms with van der Waals surface area (Å²) in [4.78, 5) is 15.0. The van der Waals surface area contributed by atoms with Crippen LogP contribution in [0.3, 0.4) is 0 Å². The quantitative estimate of drug-likeness (QED) is 0.577. The molecule has 0 amide bonds. The van der Waals surface area contributed by atoms with E-state index < -0.39 is 18.2 Å². The molecule has 0 radical (unpaired) electrons. The van der Waals surface area contributed by atoms with Crippen LogP contribution in [0.2, 0.25) is 0 Å². The van der Waals surface area contributed by atoms with Crippen molar-refractivity contribution in [3.05, 3.63) is 76.9 Å². The van der Waals surface area contributed by atoms with Crippen LogP contribution in [0.4, 0.5) is 14.6 Å². The highest BCUT2D eigenvalue weighted by Gasteiger charge is 2.32. The maximum atomic E-state index is 13.7. The SMILES string of the molecule is C=CN=C1C=C(c2coc(C)n2)C=C/C1=C\c1c(C)nc2c(C#N)c(C(F)F)nn2c1N1CC(O)C1. The lowest BCUT2D eigenvalue weighted by Crippen LogP contribution is -2.52. The average molecular weight is 489 g/mol. The monoisotopic (exact) mass is 489 g/mol. The number of aliphatic imine (C=N–C) groups is 1. The second kappa shape index (κ2) is 8.98. The zero-order valence-corrected chi connectivity index (χ0v) is 19.5. The molecular weight excluding hydrogens is 468 g/mol. The molecule has 2 aliphatic rings. The van der Waals surface area contributed by atoms with Crippen molar-refractivity contribution in [1.29, 1.82) is 5.26 Å². The summed E-state index contributed by atoms with van der Waals surface area (Å²) >= 11 is 0. The molecule has 36 heavy (non-hydrogen) atoms. The third kappa shape index (κ3) is 3.91. The molecule has 1 N–H and O–H groups in total. The number of β-amino-alcohol motifs (C(OH)–C–C–N with tert-alkyl or cyclic N) is 1. The standard InChI is InChI=1S/C25H21F2N7O2/c1-4-29-20-8-16(21-12-36-14(3)31-21)6-5-15(20)7-18-13(2)30-24-19(9-28)22(23(26)27)32-34(24)25(18)33-10-17(35)11-33/h4-8,12,17,23,35H,1,10-11H2,2-3H3/b15-7+,29-20?. The Bertz CT molecular complexity index is 1550. The molecule has 1 aliphatic carbocycles. The topological polar surface area (TPSA) is 116 Å². The Morgan fingerprint density at radius 3 is 2.69 bits per heavy atom. The van der Waals surface area contributed by atoms with Crippen LogP contribution in [-0.2, 0) is 0 Å². The van der Waals surface area contributed by atoms with E-state index in [1.54, 1.807) is 20.1 Å². The fraction of sp³-hybridized carbons (Fsp3) is 0.240. The highest BCUT2D eigenvalue weighted by molar-refractivity contribution is 6.19. The lowest BCUT2D eigenvalue weighted by atomic mass is 9.96. The molecule has 4 heterocycles. The van der Waals surface area contributed by atoms with E-state index in [2.05, 4.69) is 26.6 Å². The largest absolute Gasteiger partial charge is 0.449 e. The van der Waals surface area contributed by atoms with E-state index in [0.29, 0.717) is 53.0 Å². The minimum atomic E-state index is -2.94. The minimum absolute atomic E-state index is 0.0478. The summed E-state index contributed by atoms with van der Waals surface area (Å²) in [6, 6.07) is 1.81. The average Bonchev–Trinajstić information content (AvgIpc) is 3.42. The molecule has 1 fully saturated rings. The summed E-state index contributed by atoms with van der Waals surface area (Å²) in [5.74, 6) is 1.00. The van der Waals surface area contributed by atoms with Gasteiger partial charge in [-0.3, -0.25) is 4.99 Å². The van der Waals surface area contributed by atoms with Crippen molar-refractivity contribution in [3.8, 4) is 6.07 Å². The van der Waals surface area contributed by atoms with Crippen LogP contribution in [0.5, 0.6) is 0 Å². The minimum Gasteiger partial charge on any atom is -0.449 e. The van der Waals surface area contributed by atoms with Crippen LogP contribution in [0.25, 0.3) is 17.3 Å². The molecule has 0 saturated carbocycles. The van der Waals surface area contributed by atoms with Crippen LogP contribution in [0, 0.1) is 25.2 Å². The van der Waals surface area contributed by atoms with Crippen LogP contribution < -0.4 is 4.90 Å². The highest BCUT2D eigenvalue weighted by Crippen LogP contribution is 2.34. The summed E-state index contributed by atoms with van der Waals surface area (Å²) in [6.45, 7) is 7.78. The third-order valence-corrected chi connectivity index (χ3v) is 5.95. The van der Waals surface area contributed by atoms with Gasteiger partial charge in [0.15, 0.2) is 11.5 Å². The third-order valence-electron chi connectivity index (χ3n) is 5.95. The number of nitriles is 1. The van der Waals surface area contributed by atoms with Crippen LogP contribution in [0.15, 0.2) is 52.3 Å². The Labute approximate surface area is 204 Å². The number of anilines is 1. The van der Waals surface area contributed by atoms with Gasteiger partial charge in [-0.25, -0.2) is 18.7 Å². The van der Waals surface area contributed by atoms with E-state index >= 15 is 0 Å². The fourth-order valence-corrected chi connectivity index (χ4v) is 4.22. The van der Waals surface area contributed by atoms with Crippen LogP contribution in [0.1, 0.15) is 40.5 Å². The smallest absolute Gasteiger partial charge is 0.283 e. The lowest BCUT2D eigenvalue weighted by Gasteiger charge is -2.38. The van der Waals surface area contributed by atoms with Gasteiger partial charge in [-0.05, 0) is 19.1 Å². The first-order chi connectivity index (χ1) is 17.3. The summed E-state index contributed by atoms with van der Waals surface area (Å²) < 4.78 is 33.9. The Kier molecular flexibility index (Phi) is 5.81. The second-order valence-corrected chi connectivity index (χ2v) is 8.38. The summed E-state index contributed by atoms with van der Waals surface area (Å²) in [6.07, 6.45) is 6.89. The lowest BCUT2D eigenvalue weighted by molar-refractivity contribution is 0.139. The number of nitrogens with zero attached hydrogens (tertiary/aromatic N) is 7. The zero-order chi connectivity index (χ0) is 25.6. The summed E-state index contributed by atoms with van der Waals surface area (Å²) in [5, 5.41) is 23.5. The van der Waals surface area contributed by atoms with Gasteiger partial charge in [0.25, 0.3) is 6.43 Å². The molecule has 9 nitrogen and oxygen atoms in total. The van der Waals surface area contributed by atoms with Crippen LogP contribution in [-0.4, -0.2) is 49.6 Å². The zero-order valence-electron chi connectivity index (χ0n) is 19.5. The first-order valence-electron chi connectivity index (χ1n) is 11.1. The summed E-state index contributed by atoms with van der Waals surface area (Å²) in [7, 11) is 0. The Morgan fingerprint density at radius 2 is 2.08 bits per heavy atom. The Morgan fingerprint density at radius 1 is 1.31 bits per heavy atom. The number of aryl methyl sites for hydroxylation is 2.